The zero-order valence-corrected chi connectivity index (χ0v) is 27.4. The highest BCUT2D eigenvalue weighted by molar-refractivity contribution is 7.46. The summed E-state index contributed by atoms with van der Waals surface area (Å²) in [5.41, 5.74) is 8.94. The van der Waals surface area contributed by atoms with Gasteiger partial charge in [-0.1, -0.05) is 6.07 Å². The van der Waals surface area contributed by atoms with Crippen LogP contribution < -0.4 is 20.9 Å². The van der Waals surface area contributed by atoms with E-state index in [1.807, 2.05) is 13.0 Å². The van der Waals surface area contributed by atoms with Gasteiger partial charge in [0.25, 0.3) is 11.8 Å². The molecule has 16 nitrogen and oxygen atoms in total. The van der Waals surface area contributed by atoms with E-state index in [2.05, 4.69) is 25.1 Å². The highest BCUT2D eigenvalue weighted by Gasteiger charge is 2.29. The van der Waals surface area contributed by atoms with Crippen LogP contribution >= 0.6 is 7.82 Å². The Kier molecular flexibility index (Phi) is 11.6. The summed E-state index contributed by atoms with van der Waals surface area (Å²) >= 11 is 0. The normalized spacial score (nSPS) is 13.4. The van der Waals surface area contributed by atoms with Gasteiger partial charge in [0.1, 0.15) is 5.75 Å². The number of hydrogen-bond acceptors (Lipinski definition) is 10. The molecule has 0 saturated heterocycles. The monoisotopic (exact) mass is 684 g/mol. The molecule has 2 aromatic carbocycles. The summed E-state index contributed by atoms with van der Waals surface area (Å²) in [6.07, 6.45) is 3.52. The number of carbonyl (C=O) groups excluding carboxylic acids is 4. The number of aromatic nitrogens is 1. The average molecular weight is 685 g/mol. The second-order valence-corrected chi connectivity index (χ2v) is 12.0. The molecule has 48 heavy (non-hydrogen) atoms. The number of rotatable bonds is 14. The summed E-state index contributed by atoms with van der Waals surface area (Å²) in [6, 6.07) is 9.78. The number of anilines is 1. The van der Waals surface area contributed by atoms with Gasteiger partial charge in [0.2, 0.25) is 6.79 Å². The first-order valence-corrected chi connectivity index (χ1v) is 16.4. The van der Waals surface area contributed by atoms with Crippen LogP contribution in [0.5, 0.6) is 5.75 Å². The number of phosphoric ester groups is 1. The Morgan fingerprint density at radius 3 is 2.42 bits per heavy atom. The number of aromatic amines is 1. The molecule has 0 spiro atoms. The Morgan fingerprint density at radius 2 is 1.79 bits per heavy atom. The number of H-pyrrole nitrogens is 1. The number of nitrogens with zero attached hydrogens (tertiary/aromatic N) is 2. The van der Waals surface area contributed by atoms with E-state index >= 15 is 0 Å². The molecule has 4 rings (SSSR count). The second kappa shape index (κ2) is 15.6. The fourth-order valence-corrected chi connectivity index (χ4v) is 5.05. The van der Waals surface area contributed by atoms with Crippen molar-refractivity contribution < 1.29 is 47.5 Å². The molecular weight excluding hydrogens is 647 g/mol. The van der Waals surface area contributed by atoms with E-state index in [4.69, 9.17) is 25.0 Å². The van der Waals surface area contributed by atoms with Gasteiger partial charge in [-0.3, -0.25) is 24.4 Å². The van der Waals surface area contributed by atoms with Gasteiger partial charge in [-0.25, -0.2) is 19.1 Å². The number of amides is 3. The topological polar surface area (TPSA) is 235 Å². The van der Waals surface area contributed by atoms with E-state index in [1.54, 1.807) is 26.0 Å². The van der Waals surface area contributed by atoms with E-state index in [0.29, 0.717) is 22.5 Å². The van der Waals surface area contributed by atoms with Crippen molar-refractivity contribution in [1.82, 2.24) is 15.2 Å². The van der Waals surface area contributed by atoms with Gasteiger partial charge in [-0.15, -0.1) is 0 Å². The molecule has 256 valence electrons. The SMILES string of the molecule is CCN(C(=O)OCOC(=O)c1ccc(OP(=O)(O)O)cc1)C(=O)c1c[nH]c(C(CN=CN)Nc2cc(C(=O)NC3CC3)ccc2C)c1C. The third-order valence-electron chi connectivity index (χ3n) is 7.36. The molecule has 1 aliphatic carbocycles. The van der Waals surface area contributed by atoms with Crippen molar-refractivity contribution in [1.29, 1.82) is 0 Å². The van der Waals surface area contributed by atoms with E-state index in [9.17, 15) is 23.7 Å². The Balaban J connectivity index is 1.41. The highest BCUT2D eigenvalue weighted by Crippen LogP contribution is 2.37. The number of benzene rings is 2. The second-order valence-electron chi connectivity index (χ2n) is 10.8. The summed E-state index contributed by atoms with van der Waals surface area (Å²) in [5.74, 6) is -1.88. The van der Waals surface area contributed by atoms with E-state index in [1.165, 1.54) is 24.7 Å². The molecule has 1 heterocycles. The van der Waals surface area contributed by atoms with E-state index < -0.39 is 38.6 Å². The van der Waals surface area contributed by atoms with Crippen molar-refractivity contribution in [2.45, 2.75) is 45.7 Å². The number of imide groups is 1. The van der Waals surface area contributed by atoms with Crippen LogP contribution in [-0.2, 0) is 14.0 Å². The smallest absolute Gasteiger partial charge is 0.424 e. The molecule has 3 amide bonds. The van der Waals surface area contributed by atoms with Crippen molar-refractivity contribution in [3.8, 4) is 5.75 Å². The van der Waals surface area contributed by atoms with Gasteiger partial charge < -0.3 is 35.3 Å². The van der Waals surface area contributed by atoms with Crippen molar-refractivity contribution in [2.24, 2.45) is 10.7 Å². The number of nitrogens with one attached hydrogen (secondary N) is 3. The van der Waals surface area contributed by atoms with E-state index in [0.717, 1.165) is 35.4 Å². The molecule has 0 bridgehead atoms. The summed E-state index contributed by atoms with van der Waals surface area (Å²) in [7, 11) is -4.77. The molecule has 17 heteroatoms. The van der Waals surface area contributed by atoms with Gasteiger partial charge in [0, 0.05) is 35.7 Å². The minimum absolute atomic E-state index is 0.00594. The van der Waals surface area contributed by atoms with Crippen molar-refractivity contribution in [3.63, 3.8) is 0 Å². The summed E-state index contributed by atoms with van der Waals surface area (Å²) in [4.78, 5) is 77.2. The zero-order chi connectivity index (χ0) is 35.0. The molecule has 1 atom stereocenters. The summed E-state index contributed by atoms with van der Waals surface area (Å²) in [5, 5.41) is 6.38. The lowest BCUT2D eigenvalue weighted by atomic mass is 10.0. The lowest BCUT2D eigenvalue weighted by molar-refractivity contribution is -0.0102. The molecule has 1 unspecified atom stereocenters. The Bertz CT molecular complexity index is 1730. The molecule has 7 N–H and O–H groups in total. The van der Waals surface area contributed by atoms with Crippen LogP contribution in [0, 0.1) is 13.8 Å². The van der Waals surface area contributed by atoms with Crippen molar-refractivity contribution in [2.75, 3.05) is 25.2 Å². The Morgan fingerprint density at radius 1 is 1.10 bits per heavy atom. The van der Waals surface area contributed by atoms with Crippen LogP contribution in [0.4, 0.5) is 10.5 Å². The maximum absolute atomic E-state index is 13.5. The first-order valence-electron chi connectivity index (χ1n) is 14.9. The predicted molar refractivity (Wildman–Crippen MR) is 174 cm³/mol. The molecule has 0 aliphatic heterocycles. The maximum atomic E-state index is 13.5. The van der Waals surface area contributed by atoms with Crippen LogP contribution in [0.1, 0.15) is 73.7 Å². The fraction of sp³-hybridized carbons (Fsp3) is 0.323. The number of ether oxygens (including phenoxy) is 2. The number of aliphatic imine (C=N–C) groups is 1. The molecule has 1 saturated carbocycles. The number of hydrogen-bond donors (Lipinski definition) is 6. The van der Waals surface area contributed by atoms with Crippen LogP contribution in [0.2, 0.25) is 0 Å². The van der Waals surface area contributed by atoms with E-state index in [-0.39, 0.29) is 41.9 Å². The van der Waals surface area contributed by atoms with Gasteiger partial charge >= 0.3 is 19.9 Å². The van der Waals surface area contributed by atoms with Gasteiger partial charge in [-0.2, -0.15) is 0 Å². The summed E-state index contributed by atoms with van der Waals surface area (Å²) < 4.78 is 25.3. The van der Waals surface area contributed by atoms with Gasteiger partial charge in [0.15, 0.2) is 0 Å². The highest BCUT2D eigenvalue weighted by atomic mass is 31.2. The quantitative estimate of drug-likeness (QED) is 0.0470. The predicted octanol–water partition coefficient (Wildman–Crippen LogP) is 3.55. The minimum atomic E-state index is -4.77. The lowest BCUT2D eigenvalue weighted by Crippen LogP contribution is -2.37. The molecular formula is C31H37N6O10P. The van der Waals surface area contributed by atoms with Gasteiger partial charge in [0.05, 0.1) is 30.1 Å². The van der Waals surface area contributed by atoms with Crippen LogP contribution in [0.15, 0.2) is 53.7 Å². The number of carbonyl (C=O) groups is 4. The zero-order valence-electron chi connectivity index (χ0n) is 26.5. The third-order valence-corrected chi connectivity index (χ3v) is 7.81. The lowest BCUT2D eigenvalue weighted by Gasteiger charge is -2.21. The van der Waals surface area contributed by atoms with Crippen molar-refractivity contribution in [3.05, 3.63) is 82.2 Å². The largest absolute Gasteiger partial charge is 0.524 e. The Labute approximate surface area is 275 Å². The third kappa shape index (κ3) is 9.44. The van der Waals surface area contributed by atoms with Crippen molar-refractivity contribution >= 4 is 43.7 Å². The van der Waals surface area contributed by atoms with Crippen LogP contribution in [0.25, 0.3) is 0 Å². The maximum Gasteiger partial charge on any atom is 0.524 e. The first-order chi connectivity index (χ1) is 22.8. The fourth-order valence-electron chi connectivity index (χ4n) is 4.66. The minimum Gasteiger partial charge on any atom is -0.424 e. The van der Waals surface area contributed by atoms with Gasteiger partial charge in [-0.05, 0) is 81.1 Å². The summed E-state index contributed by atoms with van der Waals surface area (Å²) in [6.45, 7) is 4.51. The standard InChI is InChI=1S/C31H37N6O10P/c1-4-37(31(41)46-17-45-30(40)20-7-11-23(12-8-20)47-48(42,43)44)29(39)24-14-34-27(19(24)3)26(15-33-16-32)36-25-13-21(6-5-18(25)2)28(38)35-22-9-10-22/h5-8,11-14,16,22,26,34,36H,4,9-10,15,17H2,1-3H3,(H2,32,33)(H,35,38)(H2,42,43,44). The first kappa shape index (κ1) is 35.7. The molecule has 3 aromatic rings. The number of aryl methyl sites for hydroxylation is 1. The number of nitrogens with two attached hydrogens (primary N) is 1. The van der Waals surface area contributed by atoms with Crippen LogP contribution in [-0.4, -0.2) is 75.8 Å². The number of esters is 1. The molecule has 1 aromatic heterocycles. The number of phosphoric acid groups is 1. The molecule has 0 radical (unpaired) electrons. The average Bonchev–Trinajstić information content (AvgIpc) is 3.77. The van der Waals surface area contributed by atoms with Crippen LogP contribution in [0.3, 0.4) is 0 Å². The Hall–Kier alpha value is -5.18. The molecule has 1 aliphatic rings. The molecule has 1 fully saturated rings.